The van der Waals surface area contributed by atoms with E-state index in [-0.39, 0.29) is 0 Å². The molecule has 2 rings (SSSR count). The molecule has 1 aromatic carbocycles. The highest BCUT2D eigenvalue weighted by Gasteiger charge is 2.32. The molecule has 0 aliphatic heterocycles. The first-order valence-corrected chi connectivity index (χ1v) is 8.54. The Labute approximate surface area is 125 Å². The smallest absolute Gasteiger partial charge is 0.00720 e. The summed E-state index contributed by atoms with van der Waals surface area (Å²) in [6, 6.07) is 7.14. The van der Waals surface area contributed by atoms with Gasteiger partial charge >= 0.3 is 0 Å². The number of rotatable bonds is 7. The lowest BCUT2D eigenvalue weighted by Gasteiger charge is -2.28. The van der Waals surface area contributed by atoms with E-state index in [0.717, 1.165) is 19.4 Å². The van der Waals surface area contributed by atoms with Crippen LogP contribution in [-0.4, -0.2) is 6.54 Å². The lowest BCUT2D eigenvalue weighted by atomic mass is 9.77. The van der Waals surface area contributed by atoms with E-state index in [9.17, 15) is 0 Å². The van der Waals surface area contributed by atoms with Crippen molar-refractivity contribution < 1.29 is 0 Å². The molecule has 1 aromatic rings. The minimum atomic E-state index is 0.560. The highest BCUT2D eigenvalue weighted by Crippen LogP contribution is 2.44. The van der Waals surface area contributed by atoms with E-state index in [4.69, 9.17) is 5.73 Å². The summed E-state index contributed by atoms with van der Waals surface area (Å²) < 4.78 is 0. The van der Waals surface area contributed by atoms with Gasteiger partial charge in [-0.25, -0.2) is 0 Å². The fourth-order valence-electron chi connectivity index (χ4n) is 3.97. The molecular weight excluding hydrogens is 242 g/mol. The van der Waals surface area contributed by atoms with Crippen LogP contribution in [0.2, 0.25) is 0 Å². The maximum absolute atomic E-state index is 5.85. The van der Waals surface area contributed by atoms with Gasteiger partial charge in [0.25, 0.3) is 0 Å². The van der Waals surface area contributed by atoms with Gasteiger partial charge in [-0.3, -0.25) is 0 Å². The van der Waals surface area contributed by atoms with Crippen molar-refractivity contribution in [3.63, 3.8) is 0 Å². The molecule has 1 aliphatic rings. The molecule has 0 atom stereocenters. The Bertz CT molecular complexity index is 416. The molecule has 0 unspecified atom stereocenters. The van der Waals surface area contributed by atoms with Crippen molar-refractivity contribution in [1.82, 2.24) is 0 Å². The first-order valence-electron chi connectivity index (χ1n) is 8.54. The number of nitrogens with two attached hydrogens (primary N) is 1. The van der Waals surface area contributed by atoms with Crippen LogP contribution >= 0.6 is 0 Å². The van der Waals surface area contributed by atoms with Crippen LogP contribution < -0.4 is 5.73 Å². The predicted molar refractivity (Wildman–Crippen MR) is 88.1 cm³/mol. The Kier molecular flexibility index (Phi) is 5.65. The van der Waals surface area contributed by atoms with Crippen molar-refractivity contribution in [3.8, 4) is 0 Å². The second kappa shape index (κ2) is 7.26. The van der Waals surface area contributed by atoms with Crippen molar-refractivity contribution in [2.45, 2.75) is 71.6 Å². The standard InChI is InChI=1S/C19H31N/c1-3-17-8-7-16(15-18(17)4-2)9-12-19(13-14-20)10-5-6-11-19/h7-8,15H,3-6,9-14,20H2,1-2H3. The molecule has 20 heavy (non-hydrogen) atoms. The van der Waals surface area contributed by atoms with Gasteiger partial charge < -0.3 is 5.73 Å². The van der Waals surface area contributed by atoms with Crippen LogP contribution in [0.1, 0.15) is 69.1 Å². The van der Waals surface area contributed by atoms with Crippen molar-refractivity contribution in [1.29, 1.82) is 0 Å². The Morgan fingerprint density at radius 3 is 2.30 bits per heavy atom. The SMILES string of the molecule is CCc1ccc(CCC2(CCN)CCCC2)cc1CC. The molecule has 0 spiro atoms. The molecule has 0 amide bonds. The molecular formula is C19H31N. The van der Waals surface area contributed by atoms with Crippen LogP contribution in [0.25, 0.3) is 0 Å². The van der Waals surface area contributed by atoms with Crippen LogP contribution in [0.15, 0.2) is 18.2 Å². The van der Waals surface area contributed by atoms with Gasteiger partial charge in [-0.1, -0.05) is 44.9 Å². The van der Waals surface area contributed by atoms with Gasteiger partial charge in [0, 0.05) is 0 Å². The summed E-state index contributed by atoms with van der Waals surface area (Å²) in [5.74, 6) is 0. The average molecular weight is 273 g/mol. The zero-order valence-corrected chi connectivity index (χ0v) is 13.4. The Balaban J connectivity index is 2.02. The summed E-state index contributed by atoms with van der Waals surface area (Å²) >= 11 is 0. The van der Waals surface area contributed by atoms with Gasteiger partial charge in [-0.2, -0.15) is 0 Å². The van der Waals surface area contributed by atoms with Gasteiger partial charge in [-0.15, -0.1) is 0 Å². The average Bonchev–Trinajstić information content (AvgIpc) is 2.94. The van der Waals surface area contributed by atoms with Crippen LogP contribution in [0.5, 0.6) is 0 Å². The molecule has 1 saturated carbocycles. The number of hydrogen-bond acceptors (Lipinski definition) is 1. The molecule has 1 aliphatic carbocycles. The number of benzene rings is 1. The molecule has 0 saturated heterocycles. The fraction of sp³-hybridized carbons (Fsp3) is 0.684. The van der Waals surface area contributed by atoms with Crippen molar-refractivity contribution >= 4 is 0 Å². The van der Waals surface area contributed by atoms with E-state index in [1.54, 1.807) is 5.56 Å². The van der Waals surface area contributed by atoms with E-state index < -0.39 is 0 Å². The van der Waals surface area contributed by atoms with Crippen LogP contribution in [0.3, 0.4) is 0 Å². The molecule has 0 aromatic heterocycles. The van der Waals surface area contributed by atoms with E-state index in [1.165, 1.54) is 56.1 Å². The summed E-state index contributed by atoms with van der Waals surface area (Å²) in [7, 11) is 0. The third kappa shape index (κ3) is 3.63. The highest BCUT2D eigenvalue weighted by molar-refractivity contribution is 5.32. The molecule has 0 bridgehead atoms. The van der Waals surface area contributed by atoms with Crippen molar-refractivity contribution in [2.75, 3.05) is 6.54 Å². The van der Waals surface area contributed by atoms with Gasteiger partial charge in [0.15, 0.2) is 0 Å². The summed E-state index contributed by atoms with van der Waals surface area (Å²) in [4.78, 5) is 0. The lowest BCUT2D eigenvalue weighted by molar-refractivity contribution is 0.253. The maximum Gasteiger partial charge on any atom is -0.00720 e. The third-order valence-corrected chi connectivity index (χ3v) is 5.32. The first kappa shape index (κ1) is 15.6. The zero-order chi connectivity index (χ0) is 14.4. The van der Waals surface area contributed by atoms with Gasteiger partial charge in [0.1, 0.15) is 0 Å². The van der Waals surface area contributed by atoms with Crippen LogP contribution in [-0.2, 0) is 19.3 Å². The minimum absolute atomic E-state index is 0.560. The predicted octanol–water partition coefficient (Wildman–Crippen LogP) is 4.65. The number of aryl methyl sites for hydroxylation is 3. The Hall–Kier alpha value is -0.820. The zero-order valence-electron chi connectivity index (χ0n) is 13.4. The number of hydrogen-bond donors (Lipinski definition) is 1. The van der Waals surface area contributed by atoms with E-state index in [0.29, 0.717) is 5.41 Å². The largest absolute Gasteiger partial charge is 0.330 e. The second-order valence-electron chi connectivity index (χ2n) is 6.56. The summed E-state index contributed by atoms with van der Waals surface area (Å²) in [6.07, 6.45) is 11.7. The molecule has 1 nitrogen and oxygen atoms in total. The Morgan fingerprint density at radius 2 is 1.70 bits per heavy atom. The molecule has 0 heterocycles. The van der Waals surface area contributed by atoms with Crippen LogP contribution in [0, 0.1) is 5.41 Å². The monoisotopic (exact) mass is 273 g/mol. The van der Waals surface area contributed by atoms with Gasteiger partial charge in [-0.05, 0) is 73.6 Å². The van der Waals surface area contributed by atoms with E-state index >= 15 is 0 Å². The topological polar surface area (TPSA) is 26.0 Å². The fourth-order valence-corrected chi connectivity index (χ4v) is 3.97. The van der Waals surface area contributed by atoms with Crippen LogP contribution in [0.4, 0.5) is 0 Å². The lowest BCUT2D eigenvalue weighted by Crippen LogP contribution is -2.21. The normalized spacial score (nSPS) is 17.6. The Morgan fingerprint density at radius 1 is 1.00 bits per heavy atom. The second-order valence-corrected chi connectivity index (χ2v) is 6.56. The van der Waals surface area contributed by atoms with Crippen molar-refractivity contribution in [3.05, 3.63) is 34.9 Å². The minimum Gasteiger partial charge on any atom is -0.330 e. The summed E-state index contributed by atoms with van der Waals surface area (Å²) in [5.41, 5.74) is 11.0. The van der Waals surface area contributed by atoms with E-state index in [2.05, 4.69) is 32.0 Å². The van der Waals surface area contributed by atoms with Gasteiger partial charge in [0.2, 0.25) is 0 Å². The highest BCUT2D eigenvalue weighted by atomic mass is 14.5. The van der Waals surface area contributed by atoms with Crippen molar-refractivity contribution in [2.24, 2.45) is 11.1 Å². The van der Waals surface area contributed by atoms with E-state index in [1.807, 2.05) is 0 Å². The third-order valence-electron chi connectivity index (χ3n) is 5.32. The summed E-state index contributed by atoms with van der Waals surface area (Å²) in [6.45, 7) is 5.38. The summed E-state index contributed by atoms with van der Waals surface area (Å²) in [5, 5.41) is 0. The molecule has 1 fully saturated rings. The molecule has 0 radical (unpaired) electrons. The molecule has 112 valence electrons. The maximum atomic E-state index is 5.85. The van der Waals surface area contributed by atoms with Gasteiger partial charge in [0.05, 0.1) is 0 Å². The molecule has 2 N–H and O–H groups in total. The molecule has 1 heteroatoms. The quantitative estimate of drug-likeness (QED) is 0.768. The first-order chi connectivity index (χ1) is 9.73.